The fraction of sp³-hybridized carbons (Fsp3) is 0.0909. The molecule has 0 saturated heterocycles. The third kappa shape index (κ3) is 3.54. The first-order chi connectivity index (χ1) is 20.8. The summed E-state index contributed by atoms with van der Waals surface area (Å²) < 4.78 is 7.00. The highest BCUT2D eigenvalue weighted by Crippen LogP contribution is 2.55. The maximum Gasteiger partial charge on any atom is 0.297 e. The molecule has 4 heterocycles. The van der Waals surface area contributed by atoms with E-state index in [-0.39, 0.29) is 34.0 Å². The van der Waals surface area contributed by atoms with Crippen molar-refractivity contribution in [1.82, 2.24) is 4.98 Å². The Morgan fingerprint density at radius 3 is 2.56 bits per heavy atom. The van der Waals surface area contributed by atoms with Crippen LogP contribution in [0.5, 0.6) is 0 Å². The predicted molar refractivity (Wildman–Crippen MR) is 169 cm³/mol. The summed E-state index contributed by atoms with van der Waals surface area (Å²) >= 11 is 14.1. The van der Waals surface area contributed by atoms with E-state index in [9.17, 15) is 9.59 Å². The Kier molecular flexibility index (Phi) is 5.62. The number of aromatic nitrogens is 1. The van der Waals surface area contributed by atoms with Crippen LogP contribution in [0.1, 0.15) is 32.8 Å². The SMILES string of the molecule is Cc1ccc2nc(N3C(=O)c4oc5ccc(Cl)cc5c(=O)c4C34C(=O)N(Cc3ccccc3Cl)c3ccccc34)sc2c1. The number of benzene rings is 4. The smallest absolute Gasteiger partial charge is 0.297 e. The van der Waals surface area contributed by atoms with E-state index in [4.69, 9.17) is 32.6 Å². The molecule has 0 bridgehead atoms. The largest absolute Gasteiger partial charge is 0.450 e. The van der Waals surface area contributed by atoms with E-state index in [1.807, 2.05) is 49.4 Å². The molecule has 0 fully saturated rings. The molecule has 1 atom stereocenters. The number of carbonyl (C=O) groups is 2. The molecule has 43 heavy (non-hydrogen) atoms. The highest BCUT2D eigenvalue weighted by atomic mass is 35.5. The fourth-order valence-corrected chi connectivity index (χ4v) is 7.69. The van der Waals surface area contributed by atoms with Gasteiger partial charge in [0.15, 0.2) is 16.1 Å². The van der Waals surface area contributed by atoms with Gasteiger partial charge in [-0.25, -0.2) is 4.98 Å². The van der Waals surface area contributed by atoms with Gasteiger partial charge in [0.05, 0.1) is 33.4 Å². The Balaban J connectivity index is 1.46. The molecular weight excluding hydrogens is 605 g/mol. The summed E-state index contributed by atoms with van der Waals surface area (Å²) in [5.41, 5.74) is 1.22. The molecule has 8 rings (SSSR count). The van der Waals surface area contributed by atoms with Crippen molar-refractivity contribution in [3.63, 3.8) is 0 Å². The van der Waals surface area contributed by atoms with Crippen LogP contribution in [-0.2, 0) is 16.9 Å². The van der Waals surface area contributed by atoms with Crippen LogP contribution in [0.3, 0.4) is 0 Å². The number of fused-ring (bicyclic) bond motifs is 6. The van der Waals surface area contributed by atoms with Crippen LogP contribution in [0.25, 0.3) is 21.2 Å². The number of hydrogen-bond acceptors (Lipinski definition) is 6. The average molecular weight is 625 g/mol. The average Bonchev–Trinajstić information content (AvgIpc) is 3.60. The maximum atomic E-state index is 15.1. The molecule has 0 aliphatic carbocycles. The molecule has 0 radical (unpaired) electrons. The second kappa shape index (κ2) is 9.25. The third-order valence-electron chi connectivity index (χ3n) is 8.10. The van der Waals surface area contributed by atoms with E-state index in [0.717, 1.165) is 10.3 Å². The van der Waals surface area contributed by atoms with Crippen LogP contribution >= 0.6 is 34.5 Å². The van der Waals surface area contributed by atoms with E-state index in [1.165, 1.54) is 22.3 Å². The zero-order valence-electron chi connectivity index (χ0n) is 22.4. The van der Waals surface area contributed by atoms with Gasteiger partial charge >= 0.3 is 0 Å². The van der Waals surface area contributed by atoms with Gasteiger partial charge in [-0.3, -0.25) is 19.3 Å². The first-order valence-electron chi connectivity index (χ1n) is 13.4. The van der Waals surface area contributed by atoms with Gasteiger partial charge in [0.1, 0.15) is 5.58 Å². The summed E-state index contributed by atoms with van der Waals surface area (Å²) in [6.07, 6.45) is 0. The van der Waals surface area contributed by atoms with Crippen LogP contribution in [0.4, 0.5) is 10.8 Å². The van der Waals surface area contributed by atoms with Gasteiger partial charge in [0.2, 0.25) is 5.76 Å². The molecule has 10 heteroatoms. The topological polar surface area (TPSA) is 83.7 Å². The lowest BCUT2D eigenvalue weighted by molar-refractivity contribution is -0.121. The Bertz CT molecular complexity index is 2260. The molecule has 2 aliphatic heterocycles. The van der Waals surface area contributed by atoms with E-state index < -0.39 is 22.8 Å². The normalized spacial score (nSPS) is 17.5. The molecule has 1 spiro atoms. The number of rotatable bonds is 3. The van der Waals surface area contributed by atoms with Gasteiger partial charge in [0, 0.05) is 15.6 Å². The number of nitrogens with zero attached hydrogens (tertiary/aromatic N) is 3. The van der Waals surface area contributed by atoms with Crippen molar-refractivity contribution in [3.8, 4) is 0 Å². The molecule has 7 nitrogen and oxygen atoms in total. The quantitative estimate of drug-likeness (QED) is 0.204. The maximum absolute atomic E-state index is 15.1. The summed E-state index contributed by atoms with van der Waals surface area (Å²) in [5.74, 6) is -1.30. The summed E-state index contributed by atoms with van der Waals surface area (Å²) in [4.78, 5) is 51.7. The number of amides is 2. The lowest BCUT2D eigenvalue weighted by atomic mass is 9.84. The van der Waals surface area contributed by atoms with Crippen molar-refractivity contribution < 1.29 is 14.0 Å². The molecular formula is C33H19Cl2N3O4S. The Morgan fingerprint density at radius 2 is 1.72 bits per heavy atom. The van der Waals surface area contributed by atoms with Gasteiger partial charge in [-0.15, -0.1) is 0 Å². The van der Waals surface area contributed by atoms with Crippen molar-refractivity contribution in [2.45, 2.75) is 19.0 Å². The number of hydrogen-bond donors (Lipinski definition) is 0. The predicted octanol–water partition coefficient (Wildman–Crippen LogP) is 7.47. The second-order valence-corrected chi connectivity index (χ2v) is 12.4. The van der Waals surface area contributed by atoms with Gasteiger partial charge in [-0.2, -0.15) is 0 Å². The summed E-state index contributed by atoms with van der Waals surface area (Å²) in [6, 6.07) is 24.9. The first kappa shape index (κ1) is 26.2. The Labute approximate surface area is 258 Å². The van der Waals surface area contributed by atoms with Crippen LogP contribution in [-0.4, -0.2) is 16.8 Å². The van der Waals surface area contributed by atoms with Crippen LogP contribution < -0.4 is 15.2 Å². The fourth-order valence-electron chi connectivity index (χ4n) is 6.20. The highest BCUT2D eigenvalue weighted by Gasteiger charge is 2.66. The van der Waals surface area contributed by atoms with Gasteiger partial charge in [-0.05, 0) is 60.5 Å². The van der Waals surface area contributed by atoms with E-state index in [0.29, 0.717) is 32.4 Å². The molecule has 6 aromatic rings. The third-order valence-corrected chi connectivity index (χ3v) is 9.70. The zero-order chi connectivity index (χ0) is 29.6. The van der Waals surface area contributed by atoms with Crippen LogP contribution in [0.15, 0.2) is 94.1 Å². The number of anilines is 2. The minimum absolute atomic E-state index is 0.0539. The minimum atomic E-state index is -1.87. The lowest BCUT2D eigenvalue weighted by Gasteiger charge is -2.32. The molecule has 2 aromatic heterocycles. The number of carbonyl (C=O) groups excluding carboxylic acids is 2. The zero-order valence-corrected chi connectivity index (χ0v) is 24.8. The summed E-state index contributed by atoms with van der Waals surface area (Å²) in [5, 5.41) is 1.28. The minimum Gasteiger partial charge on any atom is -0.450 e. The van der Waals surface area contributed by atoms with Crippen LogP contribution in [0.2, 0.25) is 10.0 Å². The van der Waals surface area contributed by atoms with E-state index in [1.54, 1.807) is 41.3 Å². The van der Waals surface area contributed by atoms with Gasteiger partial charge in [-0.1, -0.05) is 77.0 Å². The molecule has 0 saturated carbocycles. The Hall–Kier alpha value is -4.50. The molecule has 2 aliphatic rings. The molecule has 1 unspecified atom stereocenters. The molecule has 210 valence electrons. The highest BCUT2D eigenvalue weighted by molar-refractivity contribution is 7.22. The lowest BCUT2D eigenvalue weighted by Crippen LogP contribution is -2.53. The van der Waals surface area contributed by atoms with Gasteiger partial charge in [0.25, 0.3) is 11.8 Å². The van der Waals surface area contributed by atoms with Crippen LogP contribution in [0, 0.1) is 6.92 Å². The molecule has 4 aromatic carbocycles. The van der Waals surface area contributed by atoms with Gasteiger partial charge < -0.3 is 9.32 Å². The van der Waals surface area contributed by atoms with E-state index >= 15 is 4.79 Å². The second-order valence-electron chi connectivity index (χ2n) is 10.6. The van der Waals surface area contributed by atoms with Crippen molar-refractivity contribution in [1.29, 1.82) is 0 Å². The van der Waals surface area contributed by atoms with E-state index in [2.05, 4.69) is 0 Å². The molecule has 2 amide bonds. The van der Waals surface area contributed by atoms with Crippen molar-refractivity contribution in [3.05, 3.63) is 133 Å². The van der Waals surface area contributed by atoms with Crippen molar-refractivity contribution in [2.75, 3.05) is 9.80 Å². The van der Waals surface area contributed by atoms with Crippen molar-refractivity contribution in [2.24, 2.45) is 0 Å². The summed E-state index contributed by atoms with van der Waals surface area (Å²) in [6.45, 7) is 2.10. The first-order valence-corrected chi connectivity index (χ1v) is 15.0. The number of para-hydroxylation sites is 1. The number of halogens is 2. The molecule has 0 N–H and O–H groups in total. The monoisotopic (exact) mass is 623 g/mol. The standard InChI is InChI=1S/C33H19Cl2N3O4S/c1-17-10-12-23-26(14-17)43-32(36-23)38-30(40)29-27(28(39)20-15-19(34)11-13-25(20)42-29)33(38)21-7-3-5-9-24(21)37(31(33)41)16-18-6-2-4-8-22(18)35/h2-15H,16H2,1H3. The number of aryl methyl sites for hydroxylation is 1. The summed E-state index contributed by atoms with van der Waals surface area (Å²) in [7, 11) is 0. The Morgan fingerprint density at radius 1 is 0.930 bits per heavy atom. The number of thiazole rings is 1. The van der Waals surface area contributed by atoms with Crippen molar-refractivity contribution >= 4 is 78.4 Å².